The van der Waals surface area contributed by atoms with E-state index < -0.39 is 0 Å². The summed E-state index contributed by atoms with van der Waals surface area (Å²) in [6.07, 6.45) is 13.7. The molecular weight excluding hydrogens is 224 g/mol. The number of fused-ring (bicyclic) bond motifs is 2. The van der Waals surface area contributed by atoms with E-state index in [0.29, 0.717) is 24.4 Å². The molecule has 3 nitrogen and oxygen atoms in total. The molecule has 0 aromatic heterocycles. The molecule has 0 saturated carbocycles. The molecule has 0 spiro atoms. The molecule has 2 heterocycles. The van der Waals surface area contributed by atoms with Gasteiger partial charge in [-0.15, -0.1) is 12.3 Å². The number of hydrogen-bond donors (Lipinski definition) is 2. The monoisotopic (exact) mass is 248 g/mol. The van der Waals surface area contributed by atoms with Crippen LogP contribution in [0.3, 0.4) is 0 Å². The molecule has 2 aliphatic heterocycles. The van der Waals surface area contributed by atoms with Gasteiger partial charge >= 0.3 is 0 Å². The van der Waals surface area contributed by atoms with Gasteiger partial charge in [0.1, 0.15) is 0 Å². The van der Waals surface area contributed by atoms with Gasteiger partial charge in [0.25, 0.3) is 0 Å². The minimum absolute atomic E-state index is 0.224. The van der Waals surface area contributed by atoms with E-state index in [4.69, 9.17) is 6.42 Å². The van der Waals surface area contributed by atoms with E-state index >= 15 is 0 Å². The van der Waals surface area contributed by atoms with Crippen LogP contribution >= 0.6 is 0 Å². The highest BCUT2D eigenvalue weighted by Crippen LogP contribution is 2.32. The predicted octanol–water partition coefficient (Wildman–Crippen LogP) is 1.83. The maximum absolute atomic E-state index is 11.8. The van der Waals surface area contributed by atoms with Crippen molar-refractivity contribution in [3.05, 3.63) is 0 Å². The summed E-state index contributed by atoms with van der Waals surface area (Å²) in [6.45, 7) is 0.776. The summed E-state index contributed by atoms with van der Waals surface area (Å²) in [6, 6.07) is 1.36. The number of unbranched alkanes of at least 4 members (excludes halogenated alkanes) is 2. The van der Waals surface area contributed by atoms with Crippen molar-refractivity contribution in [1.82, 2.24) is 10.6 Å². The zero-order valence-electron chi connectivity index (χ0n) is 11.1. The van der Waals surface area contributed by atoms with Gasteiger partial charge in [0.15, 0.2) is 0 Å². The lowest BCUT2D eigenvalue weighted by molar-refractivity contribution is -0.122. The number of nitrogens with one attached hydrogen (secondary N) is 2. The van der Waals surface area contributed by atoms with Gasteiger partial charge in [-0.05, 0) is 44.4 Å². The summed E-state index contributed by atoms with van der Waals surface area (Å²) in [5, 5.41) is 6.62. The van der Waals surface area contributed by atoms with Gasteiger partial charge in [-0.3, -0.25) is 4.79 Å². The Morgan fingerprint density at radius 2 is 2.00 bits per heavy atom. The molecule has 2 fully saturated rings. The molecule has 0 aliphatic carbocycles. The van der Waals surface area contributed by atoms with Gasteiger partial charge in [-0.25, -0.2) is 0 Å². The molecule has 2 unspecified atom stereocenters. The second kappa shape index (κ2) is 6.80. The maximum atomic E-state index is 11.8. The Morgan fingerprint density at radius 3 is 2.67 bits per heavy atom. The van der Waals surface area contributed by atoms with Crippen molar-refractivity contribution in [3.63, 3.8) is 0 Å². The highest BCUT2D eigenvalue weighted by Gasteiger charge is 2.33. The largest absolute Gasteiger partial charge is 0.356 e. The van der Waals surface area contributed by atoms with Crippen LogP contribution < -0.4 is 10.6 Å². The Hall–Kier alpha value is -1.01. The van der Waals surface area contributed by atoms with Crippen LogP contribution in [-0.4, -0.2) is 24.5 Å². The summed E-state index contributed by atoms with van der Waals surface area (Å²) in [4.78, 5) is 11.8. The SMILES string of the molecule is C#CCCCCNC(=O)CC1CC2CCC(C1)N2. The number of piperidine rings is 1. The Morgan fingerprint density at radius 1 is 1.28 bits per heavy atom. The standard InChI is InChI=1S/C15H24N2O/c1-2-3-4-5-8-16-15(18)11-12-9-13-6-7-14(10-12)17-13/h1,12-14,17H,3-11H2,(H,16,18). The number of rotatable bonds is 6. The summed E-state index contributed by atoms with van der Waals surface area (Å²) in [5.41, 5.74) is 0. The third-order valence-corrected chi connectivity index (χ3v) is 4.11. The van der Waals surface area contributed by atoms with Gasteiger partial charge in [-0.1, -0.05) is 0 Å². The first-order chi connectivity index (χ1) is 8.78. The molecule has 2 aliphatic rings. The molecule has 100 valence electrons. The molecular formula is C15H24N2O. The van der Waals surface area contributed by atoms with Gasteiger partial charge in [0.2, 0.25) is 5.91 Å². The van der Waals surface area contributed by atoms with Crippen LogP contribution in [0.15, 0.2) is 0 Å². The maximum Gasteiger partial charge on any atom is 0.220 e. The summed E-state index contributed by atoms with van der Waals surface area (Å²) in [5.74, 6) is 3.43. The van der Waals surface area contributed by atoms with Gasteiger partial charge in [0, 0.05) is 31.5 Å². The lowest BCUT2D eigenvalue weighted by Crippen LogP contribution is -2.39. The first-order valence-corrected chi connectivity index (χ1v) is 7.24. The first kappa shape index (κ1) is 13.4. The third kappa shape index (κ3) is 4.03. The van der Waals surface area contributed by atoms with E-state index in [9.17, 15) is 4.79 Å². The van der Waals surface area contributed by atoms with Gasteiger partial charge < -0.3 is 10.6 Å². The highest BCUT2D eigenvalue weighted by atomic mass is 16.1. The number of carbonyl (C=O) groups is 1. The fraction of sp³-hybridized carbons (Fsp3) is 0.800. The van der Waals surface area contributed by atoms with E-state index in [2.05, 4.69) is 16.6 Å². The van der Waals surface area contributed by atoms with Crippen molar-refractivity contribution in [2.45, 2.75) is 63.5 Å². The van der Waals surface area contributed by atoms with Crippen LogP contribution in [0.2, 0.25) is 0 Å². The van der Waals surface area contributed by atoms with Crippen molar-refractivity contribution >= 4 is 5.91 Å². The molecule has 0 aromatic rings. The predicted molar refractivity (Wildman–Crippen MR) is 73.0 cm³/mol. The molecule has 2 bridgehead atoms. The van der Waals surface area contributed by atoms with Crippen molar-refractivity contribution in [1.29, 1.82) is 0 Å². The third-order valence-electron chi connectivity index (χ3n) is 4.11. The second-order valence-corrected chi connectivity index (χ2v) is 5.69. The molecule has 3 heteroatoms. The highest BCUT2D eigenvalue weighted by molar-refractivity contribution is 5.76. The Bertz CT molecular complexity index is 309. The number of amides is 1. The average molecular weight is 248 g/mol. The lowest BCUT2D eigenvalue weighted by Gasteiger charge is -2.28. The Labute approximate surface area is 110 Å². The van der Waals surface area contributed by atoms with Crippen molar-refractivity contribution in [2.75, 3.05) is 6.54 Å². The van der Waals surface area contributed by atoms with Crippen molar-refractivity contribution in [2.24, 2.45) is 5.92 Å². The number of carbonyl (C=O) groups excluding carboxylic acids is 1. The number of terminal acetylenes is 1. The molecule has 2 N–H and O–H groups in total. The molecule has 0 radical (unpaired) electrons. The molecule has 1 amide bonds. The fourth-order valence-corrected chi connectivity index (χ4v) is 3.26. The molecule has 18 heavy (non-hydrogen) atoms. The minimum Gasteiger partial charge on any atom is -0.356 e. The second-order valence-electron chi connectivity index (χ2n) is 5.69. The van der Waals surface area contributed by atoms with E-state index in [1.807, 2.05) is 0 Å². The van der Waals surface area contributed by atoms with Crippen LogP contribution in [0.1, 0.15) is 51.4 Å². The quantitative estimate of drug-likeness (QED) is 0.556. The van der Waals surface area contributed by atoms with Crippen LogP contribution in [0, 0.1) is 18.3 Å². The topological polar surface area (TPSA) is 41.1 Å². The van der Waals surface area contributed by atoms with E-state index in [1.165, 1.54) is 25.7 Å². The van der Waals surface area contributed by atoms with E-state index in [1.54, 1.807) is 0 Å². The molecule has 2 saturated heterocycles. The van der Waals surface area contributed by atoms with Crippen LogP contribution in [-0.2, 0) is 4.79 Å². The van der Waals surface area contributed by atoms with Gasteiger partial charge in [-0.2, -0.15) is 0 Å². The van der Waals surface area contributed by atoms with Gasteiger partial charge in [0.05, 0.1) is 0 Å². The normalized spacial score (nSPS) is 29.8. The minimum atomic E-state index is 0.224. The van der Waals surface area contributed by atoms with E-state index in [0.717, 1.165) is 25.8 Å². The van der Waals surface area contributed by atoms with Crippen LogP contribution in [0.5, 0.6) is 0 Å². The Kier molecular flexibility index (Phi) is 5.07. The number of hydrogen-bond acceptors (Lipinski definition) is 2. The molecule has 2 atom stereocenters. The Balaban J connectivity index is 1.58. The zero-order chi connectivity index (χ0) is 12.8. The molecule has 2 rings (SSSR count). The lowest BCUT2D eigenvalue weighted by atomic mass is 9.89. The van der Waals surface area contributed by atoms with Crippen LogP contribution in [0.25, 0.3) is 0 Å². The smallest absolute Gasteiger partial charge is 0.220 e. The average Bonchev–Trinajstić information content (AvgIpc) is 2.68. The zero-order valence-corrected chi connectivity index (χ0v) is 11.1. The fourth-order valence-electron chi connectivity index (χ4n) is 3.26. The van der Waals surface area contributed by atoms with Crippen molar-refractivity contribution < 1.29 is 4.79 Å². The van der Waals surface area contributed by atoms with E-state index in [-0.39, 0.29) is 5.91 Å². The van der Waals surface area contributed by atoms with Crippen molar-refractivity contribution in [3.8, 4) is 12.3 Å². The summed E-state index contributed by atoms with van der Waals surface area (Å²) >= 11 is 0. The first-order valence-electron chi connectivity index (χ1n) is 7.24. The van der Waals surface area contributed by atoms with Crippen LogP contribution in [0.4, 0.5) is 0 Å². The summed E-state index contributed by atoms with van der Waals surface area (Å²) in [7, 11) is 0. The summed E-state index contributed by atoms with van der Waals surface area (Å²) < 4.78 is 0. The molecule has 0 aromatic carbocycles.